The molecule has 7 heteroatoms. The van der Waals surface area contributed by atoms with Gasteiger partial charge in [0.2, 0.25) is 5.91 Å². The Labute approximate surface area is 149 Å². The highest BCUT2D eigenvalue weighted by Gasteiger charge is 2.13. The monoisotopic (exact) mass is 367 g/mol. The summed E-state index contributed by atoms with van der Waals surface area (Å²) < 4.78 is 34.2. The van der Waals surface area contributed by atoms with Gasteiger partial charge in [-0.15, -0.1) is 11.8 Å². The van der Waals surface area contributed by atoms with Crippen molar-refractivity contribution < 1.29 is 23.0 Å². The second-order valence-corrected chi connectivity index (χ2v) is 6.37. The second kappa shape index (κ2) is 8.71. The molecule has 0 radical (unpaired) electrons. The van der Waals surface area contributed by atoms with Gasteiger partial charge in [0.05, 0.1) is 12.9 Å². The first-order valence-corrected chi connectivity index (χ1v) is 8.50. The van der Waals surface area contributed by atoms with E-state index in [4.69, 9.17) is 4.74 Å². The molecule has 0 unspecified atom stereocenters. The Kier molecular flexibility index (Phi) is 6.64. The Bertz CT molecular complexity index is 753. The molecule has 0 aliphatic heterocycles. The van der Waals surface area contributed by atoms with Crippen LogP contribution in [0.1, 0.15) is 11.1 Å². The van der Waals surface area contributed by atoms with Crippen LogP contribution >= 0.6 is 11.8 Å². The van der Waals surface area contributed by atoms with E-state index in [0.29, 0.717) is 5.69 Å². The second-order valence-electron chi connectivity index (χ2n) is 5.35. The minimum absolute atomic E-state index is 0.127. The zero-order valence-electron chi connectivity index (χ0n) is 14.1. The van der Waals surface area contributed by atoms with Crippen LogP contribution in [-0.4, -0.2) is 25.4 Å². The molecular formula is C18H19F2NO3S. The zero-order chi connectivity index (χ0) is 18.4. The van der Waals surface area contributed by atoms with E-state index >= 15 is 0 Å². The van der Waals surface area contributed by atoms with Crippen molar-refractivity contribution in [1.29, 1.82) is 0 Å². The number of benzene rings is 2. The summed E-state index contributed by atoms with van der Waals surface area (Å²) in [6, 6.07) is 10.4. The van der Waals surface area contributed by atoms with Crippen LogP contribution in [0.4, 0.5) is 14.5 Å². The van der Waals surface area contributed by atoms with Crippen molar-refractivity contribution >= 4 is 23.4 Å². The molecule has 0 aromatic heterocycles. The lowest BCUT2D eigenvalue weighted by molar-refractivity contribution is -0.113. The minimum Gasteiger partial charge on any atom is -0.493 e. The van der Waals surface area contributed by atoms with Crippen LogP contribution in [0.15, 0.2) is 41.3 Å². The Hall–Kier alpha value is -2.28. The molecule has 2 aromatic carbocycles. The first-order valence-electron chi connectivity index (χ1n) is 7.52. The number of carbonyl (C=O) groups is 1. The number of aryl methyl sites for hydroxylation is 2. The number of ether oxygens (including phenoxy) is 2. The Morgan fingerprint density at radius 1 is 1.16 bits per heavy atom. The predicted octanol–water partition coefficient (Wildman–Crippen LogP) is 4.64. The van der Waals surface area contributed by atoms with Gasteiger partial charge >= 0.3 is 6.61 Å². The van der Waals surface area contributed by atoms with Crippen molar-refractivity contribution in [1.82, 2.24) is 0 Å². The van der Waals surface area contributed by atoms with E-state index in [1.165, 1.54) is 31.0 Å². The number of rotatable bonds is 7. The maximum Gasteiger partial charge on any atom is 0.387 e. The largest absolute Gasteiger partial charge is 0.493 e. The summed E-state index contributed by atoms with van der Waals surface area (Å²) in [5, 5.41) is 2.67. The highest BCUT2D eigenvalue weighted by atomic mass is 32.2. The lowest BCUT2D eigenvalue weighted by Gasteiger charge is -2.12. The fourth-order valence-corrected chi connectivity index (χ4v) is 3.07. The molecule has 2 aromatic rings. The number of carbonyl (C=O) groups excluding carboxylic acids is 1. The summed E-state index contributed by atoms with van der Waals surface area (Å²) in [5.74, 6) is 0.0149. The van der Waals surface area contributed by atoms with Gasteiger partial charge < -0.3 is 14.8 Å². The van der Waals surface area contributed by atoms with Gasteiger partial charge in [0.1, 0.15) is 0 Å². The van der Waals surface area contributed by atoms with Gasteiger partial charge in [-0.05, 0) is 37.6 Å². The summed E-state index contributed by atoms with van der Waals surface area (Å²) in [5.41, 5.74) is 2.58. The lowest BCUT2D eigenvalue weighted by atomic mass is 10.2. The van der Waals surface area contributed by atoms with E-state index in [1.54, 1.807) is 6.07 Å². The molecule has 4 nitrogen and oxygen atoms in total. The number of anilines is 1. The number of nitrogens with one attached hydrogen (secondary N) is 1. The molecule has 0 heterocycles. The van der Waals surface area contributed by atoms with Crippen LogP contribution in [0.3, 0.4) is 0 Å². The quantitative estimate of drug-likeness (QED) is 0.724. The van der Waals surface area contributed by atoms with Crippen molar-refractivity contribution in [2.45, 2.75) is 25.4 Å². The smallest absolute Gasteiger partial charge is 0.387 e. The number of hydrogen-bond acceptors (Lipinski definition) is 4. The van der Waals surface area contributed by atoms with E-state index in [2.05, 4.69) is 10.1 Å². The standard InChI is InChI=1S/C18H19F2NO3S/c1-11-4-5-12(2)16(8-11)25-10-17(22)21-13-6-7-14(23-3)15(9-13)24-18(19)20/h4-9,18H,10H2,1-3H3,(H,21,22). The molecule has 0 atom stereocenters. The van der Waals surface area contributed by atoms with Crippen molar-refractivity contribution in [3.8, 4) is 11.5 Å². The van der Waals surface area contributed by atoms with E-state index in [9.17, 15) is 13.6 Å². The van der Waals surface area contributed by atoms with E-state index in [-0.39, 0.29) is 23.2 Å². The van der Waals surface area contributed by atoms with Gasteiger partial charge in [-0.3, -0.25) is 4.79 Å². The first-order chi connectivity index (χ1) is 11.9. The summed E-state index contributed by atoms with van der Waals surface area (Å²) in [4.78, 5) is 13.2. The number of alkyl halides is 2. The molecule has 0 fully saturated rings. The molecule has 0 saturated heterocycles. The summed E-state index contributed by atoms with van der Waals surface area (Å²) >= 11 is 1.42. The molecule has 2 rings (SSSR count). The highest BCUT2D eigenvalue weighted by molar-refractivity contribution is 8.00. The normalized spacial score (nSPS) is 10.6. The van der Waals surface area contributed by atoms with E-state index in [1.807, 2.05) is 32.0 Å². The molecule has 0 saturated carbocycles. The van der Waals surface area contributed by atoms with Crippen LogP contribution in [0.2, 0.25) is 0 Å². The predicted molar refractivity (Wildman–Crippen MR) is 94.9 cm³/mol. The summed E-state index contributed by atoms with van der Waals surface area (Å²) in [7, 11) is 1.35. The summed E-state index contributed by atoms with van der Waals surface area (Å²) in [6.45, 7) is 1.00. The third kappa shape index (κ3) is 5.63. The fourth-order valence-electron chi connectivity index (χ4n) is 2.15. The lowest BCUT2D eigenvalue weighted by Crippen LogP contribution is -2.14. The van der Waals surface area contributed by atoms with E-state index < -0.39 is 6.61 Å². The molecule has 0 bridgehead atoms. The maximum absolute atomic E-state index is 12.4. The SMILES string of the molecule is COc1ccc(NC(=O)CSc2cc(C)ccc2C)cc1OC(F)F. The van der Waals surface area contributed by atoms with Crippen molar-refractivity contribution in [2.24, 2.45) is 0 Å². The van der Waals surface area contributed by atoms with Gasteiger partial charge in [-0.25, -0.2) is 0 Å². The molecule has 1 amide bonds. The van der Waals surface area contributed by atoms with Gasteiger partial charge in [-0.1, -0.05) is 17.7 Å². The Balaban J connectivity index is 2.01. The van der Waals surface area contributed by atoms with E-state index in [0.717, 1.165) is 16.0 Å². The average Bonchev–Trinajstić information content (AvgIpc) is 2.55. The number of hydrogen-bond donors (Lipinski definition) is 1. The topological polar surface area (TPSA) is 47.6 Å². The highest BCUT2D eigenvalue weighted by Crippen LogP contribution is 2.31. The molecule has 134 valence electrons. The van der Waals surface area contributed by atoms with Crippen LogP contribution in [0.25, 0.3) is 0 Å². The fraction of sp³-hybridized carbons (Fsp3) is 0.278. The van der Waals surface area contributed by atoms with Gasteiger partial charge in [0.25, 0.3) is 0 Å². The third-order valence-electron chi connectivity index (χ3n) is 3.37. The van der Waals surface area contributed by atoms with Crippen molar-refractivity contribution in [2.75, 3.05) is 18.2 Å². The van der Waals surface area contributed by atoms with Crippen LogP contribution in [-0.2, 0) is 4.79 Å². The van der Waals surface area contributed by atoms with Crippen molar-refractivity contribution in [3.63, 3.8) is 0 Å². The number of thioether (sulfide) groups is 1. The van der Waals surface area contributed by atoms with Gasteiger partial charge in [0, 0.05) is 16.6 Å². The number of halogens is 2. The molecule has 0 spiro atoms. The van der Waals surface area contributed by atoms with Gasteiger partial charge in [0.15, 0.2) is 11.5 Å². The van der Waals surface area contributed by atoms with Gasteiger partial charge in [-0.2, -0.15) is 8.78 Å². The molecular weight excluding hydrogens is 348 g/mol. The molecule has 25 heavy (non-hydrogen) atoms. The minimum atomic E-state index is -2.97. The van der Waals surface area contributed by atoms with Crippen LogP contribution in [0, 0.1) is 13.8 Å². The number of amides is 1. The average molecular weight is 367 g/mol. The molecule has 1 N–H and O–H groups in total. The molecule has 0 aliphatic carbocycles. The first kappa shape index (κ1) is 19.1. The van der Waals surface area contributed by atoms with Crippen LogP contribution in [0.5, 0.6) is 11.5 Å². The van der Waals surface area contributed by atoms with Crippen molar-refractivity contribution in [3.05, 3.63) is 47.5 Å². The molecule has 0 aliphatic rings. The zero-order valence-corrected chi connectivity index (χ0v) is 15.0. The van der Waals surface area contributed by atoms with Crippen LogP contribution < -0.4 is 14.8 Å². The maximum atomic E-state index is 12.4. The number of methoxy groups -OCH3 is 1. The Morgan fingerprint density at radius 2 is 1.92 bits per heavy atom. The Morgan fingerprint density at radius 3 is 2.60 bits per heavy atom. The third-order valence-corrected chi connectivity index (χ3v) is 4.52. The summed E-state index contributed by atoms with van der Waals surface area (Å²) in [6.07, 6.45) is 0.